The summed E-state index contributed by atoms with van der Waals surface area (Å²) in [5.41, 5.74) is 4.50. The minimum absolute atomic E-state index is 0.999. The van der Waals surface area contributed by atoms with Crippen LogP contribution in [-0.2, 0) is 7.05 Å². The molecule has 0 aliphatic carbocycles. The lowest BCUT2D eigenvalue weighted by Crippen LogP contribution is -1.92. The zero-order valence-electron chi connectivity index (χ0n) is 9.38. The fourth-order valence-corrected chi connectivity index (χ4v) is 2.53. The van der Waals surface area contributed by atoms with E-state index in [0.717, 1.165) is 25.9 Å². The van der Waals surface area contributed by atoms with Crippen molar-refractivity contribution >= 4 is 31.9 Å². The van der Waals surface area contributed by atoms with Crippen molar-refractivity contribution in [1.82, 2.24) is 9.78 Å². The van der Waals surface area contributed by atoms with Crippen LogP contribution < -0.4 is 0 Å². The second kappa shape index (κ2) is 4.34. The van der Waals surface area contributed by atoms with E-state index in [0.29, 0.717) is 0 Å². The molecule has 0 spiro atoms. The first-order valence-corrected chi connectivity index (χ1v) is 6.55. The van der Waals surface area contributed by atoms with Crippen molar-refractivity contribution in [3.05, 3.63) is 38.4 Å². The minimum atomic E-state index is 0.999. The van der Waals surface area contributed by atoms with Crippen LogP contribution in [0.3, 0.4) is 0 Å². The Morgan fingerprint density at radius 2 is 1.88 bits per heavy atom. The maximum atomic E-state index is 4.53. The Labute approximate surface area is 112 Å². The molecule has 1 aromatic carbocycles. The average Bonchev–Trinajstić information content (AvgIpc) is 2.50. The molecule has 0 aliphatic heterocycles. The molecular formula is C12H12Br2N2. The predicted molar refractivity (Wildman–Crippen MR) is 73.5 cm³/mol. The number of rotatable bonds is 1. The van der Waals surface area contributed by atoms with Crippen molar-refractivity contribution in [2.24, 2.45) is 7.05 Å². The molecule has 4 heteroatoms. The van der Waals surface area contributed by atoms with Crippen LogP contribution in [0.2, 0.25) is 0 Å². The molecule has 0 unspecified atom stereocenters. The molecule has 0 saturated carbocycles. The highest BCUT2D eigenvalue weighted by atomic mass is 79.9. The van der Waals surface area contributed by atoms with Crippen LogP contribution in [0.15, 0.2) is 27.1 Å². The number of benzene rings is 1. The number of aryl methyl sites for hydroxylation is 1. The predicted octanol–water partition coefficient (Wildman–Crippen LogP) is 4.23. The quantitative estimate of drug-likeness (QED) is 0.757. The highest BCUT2D eigenvalue weighted by Crippen LogP contribution is 2.34. The normalized spacial score (nSPS) is 10.8. The van der Waals surface area contributed by atoms with E-state index in [4.69, 9.17) is 0 Å². The molecule has 0 aliphatic rings. The molecule has 2 rings (SSSR count). The summed E-state index contributed by atoms with van der Waals surface area (Å²) in [5.74, 6) is 0. The summed E-state index contributed by atoms with van der Waals surface area (Å²) in [6, 6.07) is 6.16. The van der Waals surface area contributed by atoms with Crippen LogP contribution in [0.4, 0.5) is 0 Å². The van der Waals surface area contributed by atoms with Gasteiger partial charge in [0.25, 0.3) is 0 Å². The number of nitrogens with zero attached hydrogens (tertiary/aromatic N) is 2. The number of halogens is 2. The maximum Gasteiger partial charge on any atom is 0.107 e. The van der Waals surface area contributed by atoms with Crippen LogP contribution in [0.1, 0.15) is 11.3 Å². The Morgan fingerprint density at radius 3 is 2.44 bits per heavy atom. The first-order chi connectivity index (χ1) is 7.52. The molecule has 0 N–H and O–H groups in total. The average molecular weight is 344 g/mol. The maximum absolute atomic E-state index is 4.53. The van der Waals surface area contributed by atoms with E-state index < -0.39 is 0 Å². The molecule has 1 aromatic heterocycles. The topological polar surface area (TPSA) is 17.8 Å². The number of hydrogen-bond donors (Lipinski definition) is 0. The van der Waals surface area contributed by atoms with Crippen LogP contribution in [0.25, 0.3) is 11.3 Å². The largest absolute Gasteiger partial charge is 0.271 e. The first-order valence-electron chi connectivity index (χ1n) is 4.97. The zero-order valence-corrected chi connectivity index (χ0v) is 12.6. The monoisotopic (exact) mass is 342 g/mol. The molecule has 0 bridgehead atoms. The van der Waals surface area contributed by atoms with Gasteiger partial charge >= 0.3 is 0 Å². The summed E-state index contributed by atoms with van der Waals surface area (Å²) in [6.45, 7) is 4.14. The smallest absolute Gasteiger partial charge is 0.107 e. The van der Waals surface area contributed by atoms with Gasteiger partial charge < -0.3 is 0 Å². The molecule has 0 radical (unpaired) electrons. The van der Waals surface area contributed by atoms with E-state index in [9.17, 15) is 0 Å². The van der Waals surface area contributed by atoms with Crippen LogP contribution >= 0.6 is 31.9 Å². The Morgan fingerprint density at radius 1 is 1.19 bits per heavy atom. The highest BCUT2D eigenvalue weighted by molar-refractivity contribution is 9.11. The van der Waals surface area contributed by atoms with Gasteiger partial charge in [-0.25, -0.2) is 0 Å². The van der Waals surface area contributed by atoms with Gasteiger partial charge in [-0.05, 0) is 41.4 Å². The summed E-state index contributed by atoms with van der Waals surface area (Å²) < 4.78 is 4.07. The summed E-state index contributed by atoms with van der Waals surface area (Å²) in [4.78, 5) is 0. The standard InChI is InChI=1S/C12H12Br2N2/c1-7-9(5-4-6-10(7)13)12-11(14)8(2)16(3)15-12/h4-6H,1-3H3. The highest BCUT2D eigenvalue weighted by Gasteiger charge is 2.14. The molecule has 0 amide bonds. The van der Waals surface area contributed by atoms with E-state index in [-0.39, 0.29) is 0 Å². The third-order valence-corrected chi connectivity index (χ3v) is 4.59. The van der Waals surface area contributed by atoms with Crippen LogP contribution in [-0.4, -0.2) is 9.78 Å². The van der Waals surface area contributed by atoms with Crippen molar-refractivity contribution in [2.75, 3.05) is 0 Å². The second-order valence-electron chi connectivity index (χ2n) is 3.78. The fourth-order valence-electron chi connectivity index (χ4n) is 1.62. The van der Waals surface area contributed by atoms with Gasteiger partial charge in [0.2, 0.25) is 0 Å². The Kier molecular flexibility index (Phi) is 3.22. The molecule has 84 valence electrons. The lowest BCUT2D eigenvalue weighted by Gasteiger charge is -2.05. The van der Waals surface area contributed by atoms with Gasteiger partial charge in [0, 0.05) is 22.8 Å². The van der Waals surface area contributed by atoms with Crippen molar-refractivity contribution in [3.63, 3.8) is 0 Å². The van der Waals surface area contributed by atoms with Gasteiger partial charge in [-0.3, -0.25) is 4.68 Å². The number of aromatic nitrogens is 2. The van der Waals surface area contributed by atoms with Gasteiger partial charge in [0.15, 0.2) is 0 Å². The lowest BCUT2D eigenvalue weighted by atomic mass is 10.1. The second-order valence-corrected chi connectivity index (χ2v) is 5.43. The van der Waals surface area contributed by atoms with E-state index in [1.807, 2.05) is 30.8 Å². The minimum Gasteiger partial charge on any atom is -0.271 e. The van der Waals surface area contributed by atoms with Crippen molar-refractivity contribution < 1.29 is 0 Å². The van der Waals surface area contributed by atoms with Crippen molar-refractivity contribution in [2.45, 2.75) is 13.8 Å². The van der Waals surface area contributed by atoms with Gasteiger partial charge in [-0.15, -0.1) is 0 Å². The van der Waals surface area contributed by atoms with Gasteiger partial charge in [0.05, 0.1) is 4.47 Å². The molecule has 0 atom stereocenters. The molecule has 16 heavy (non-hydrogen) atoms. The first kappa shape index (κ1) is 11.9. The zero-order chi connectivity index (χ0) is 11.9. The van der Waals surface area contributed by atoms with E-state index >= 15 is 0 Å². The van der Waals surface area contributed by atoms with Crippen LogP contribution in [0.5, 0.6) is 0 Å². The summed E-state index contributed by atoms with van der Waals surface area (Å²) in [7, 11) is 1.96. The molecule has 0 fully saturated rings. The van der Waals surface area contributed by atoms with Crippen molar-refractivity contribution in [1.29, 1.82) is 0 Å². The van der Waals surface area contributed by atoms with E-state index in [1.54, 1.807) is 0 Å². The summed E-state index contributed by atoms with van der Waals surface area (Å²) >= 11 is 7.14. The van der Waals surface area contributed by atoms with Gasteiger partial charge in [-0.2, -0.15) is 5.10 Å². The van der Waals surface area contributed by atoms with Gasteiger partial charge in [0.1, 0.15) is 5.69 Å². The Balaban J connectivity index is 2.68. The van der Waals surface area contributed by atoms with Crippen LogP contribution in [0, 0.1) is 13.8 Å². The van der Waals surface area contributed by atoms with E-state index in [1.165, 1.54) is 5.56 Å². The lowest BCUT2D eigenvalue weighted by molar-refractivity contribution is 0.742. The van der Waals surface area contributed by atoms with Gasteiger partial charge in [-0.1, -0.05) is 28.1 Å². The van der Waals surface area contributed by atoms with Crippen molar-refractivity contribution in [3.8, 4) is 11.3 Å². The third kappa shape index (κ3) is 1.84. The Hall–Kier alpha value is -0.610. The fraction of sp³-hybridized carbons (Fsp3) is 0.250. The molecule has 0 saturated heterocycles. The van der Waals surface area contributed by atoms with E-state index in [2.05, 4.69) is 49.9 Å². The summed E-state index contributed by atoms with van der Waals surface area (Å²) in [5, 5.41) is 4.53. The number of hydrogen-bond acceptors (Lipinski definition) is 1. The molecule has 2 nitrogen and oxygen atoms in total. The summed E-state index contributed by atoms with van der Waals surface area (Å²) in [6.07, 6.45) is 0. The SMILES string of the molecule is Cc1c(Br)cccc1-c1nn(C)c(C)c1Br. The third-order valence-electron chi connectivity index (χ3n) is 2.78. The molecular weight excluding hydrogens is 332 g/mol. The Bertz CT molecular complexity index is 544. The molecule has 1 heterocycles. The molecule has 2 aromatic rings.